The van der Waals surface area contributed by atoms with E-state index in [4.69, 9.17) is 16.2 Å². The molecule has 4 rings (SSSR count). The van der Waals surface area contributed by atoms with Crippen molar-refractivity contribution in [2.24, 2.45) is 0 Å². The number of rotatable bonds is 4. The van der Waals surface area contributed by atoms with Crippen LogP contribution in [0.5, 0.6) is 0 Å². The number of aliphatic hydroxyl groups is 2. The Labute approximate surface area is 170 Å². The quantitative estimate of drug-likeness (QED) is 0.340. The van der Waals surface area contributed by atoms with Crippen LogP contribution < -0.4 is 16.8 Å². The van der Waals surface area contributed by atoms with Crippen LogP contribution in [-0.4, -0.2) is 71.6 Å². The molecule has 0 aliphatic carbocycles. The van der Waals surface area contributed by atoms with Crippen LogP contribution in [0.4, 0.5) is 11.8 Å². The van der Waals surface area contributed by atoms with Crippen LogP contribution >= 0.6 is 0 Å². The number of ether oxygens (including phenoxy) is 1. The molecule has 0 spiro atoms. The summed E-state index contributed by atoms with van der Waals surface area (Å²) in [6.07, 6.45) is -0.207. The molecule has 1 saturated heterocycles. The summed E-state index contributed by atoms with van der Waals surface area (Å²) in [7, 11) is 0. The number of nitrogen functional groups attached to an aromatic ring is 2. The molecule has 12 heteroatoms. The van der Waals surface area contributed by atoms with Crippen molar-refractivity contribution in [3.8, 4) is 0 Å². The molecule has 3 aromatic rings. The molecule has 30 heavy (non-hydrogen) atoms. The zero-order valence-electron chi connectivity index (χ0n) is 16.1. The van der Waals surface area contributed by atoms with E-state index in [1.165, 1.54) is 6.33 Å². The van der Waals surface area contributed by atoms with Gasteiger partial charge in [-0.15, -0.1) is 0 Å². The maximum atomic E-state index is 12.4. The van der Waals surface area contributed by atoms with Crippen molar-refractivity contribution >= 4 is 28.8 Å². The number of nitrogens with one attached hydrogen (secondary N) is 1. The van der Waals surface area contributed by atoms with Crippen LogP contribution in [0.1, 0.15) is 16.1 Å². The van der Waals surface area contributed by atoms with Crippen LogP contribution in [0.25, 0.3) is 11.2 Å². The lowest BCUT2D eigenvalue weighted by atomic mass is 9.97. The number of hydrogen-bond acceptors (Lipinski definition) is 10. The molecule has 0 saturated carbocycles. The van der Waals surface area contributed by atoms with E-state index in [-0.39, 0.29) is 30.6 Å². The fraction of sp³-hybridized carbons (Fsp3) is 0.389. The number of carbonyl (C=O) groups excluding carboxylic acids is 1. The molecule has 1 fully saturated rings. The number of anilines is 2. The van der Waals surface area contributed by atoms with Gasteiger partial charge in [-0.2, -0.15) is 9.97 Å². The molecule has 1 aliphatic rings. The van der Waals surface area contributed by atoms with Gasteiger partial charge in [0.2, 0.25) is 5.95 Å². The smallest absolute Gasteiger partial charge is 0.270 e. The number of nitrogens with two attached hydrogens (primary N) is 2. The first-order chi connectivity index (χ1) is 14.3. The Hall–Kier alpha value is -3.35. The Balaban J connectivity index is 1.44. The summed E-state index contributed by atoms with van der Waals surface area (Å²) in [6.45, 7) is 2.01. The van der Waals surface area contributed by atoms with Crippen molar-refractivity contribution < 1.29 is 19.7 Å². The van der Waals surface area contributed by atoms with Gasteiger partial charge >= 0.3 is 0 Å². The van der Waals surface area contributed by atoms with Crippen molar-refractivity contribution in [3.05, 3.63) is 35.9 Å². The number of aromatic nitrogens is 5. The van der Waals surface area contributed by atoms with E-state index in [1.807, 2.05) is 6.92 Å². The Bertz CT molecular complexity index is 1070. The minimum Gasteiger partial charge on any atom is -0.388 e. The molecular formula is C18H22N8O4. The molecule has 0 radical (unpaired) electrons. The van der Waals surface area contributed by atoms with Crippen molar-refractivity contribution in [2.75, 3.05) is 18.1 Å². The molecular weight excluding hydrogens is 392 g/mol. The second-order valence-electron chi connectivity index (χ2n) is 7.19. The summed E-state index contributed by atoms with van der Waals surface area (Å²) in [5.41, 5.74) is 13.4. The van der Waals surface area contributed by atoms with Gasteiger partial charge in [-0.05, 0) is 18.6 Å². The van der Waals surface area contributed by atoms with Crippen LogP contribution in [-0.2, 0) is 11.3 Å². The summed E-state index contributed by atoms with van der Waals surface area (Å²) in [4.78, 5) is 28.5. The summed E-state index contributed by atoms with van der Waals surface area (Å²) in [6, 6.07) is 2.56. The Morgan fingerprint density at radius 2 is 2.07 bits per heavy atom. The third-order valence-corrected chi connectivity index (χ3v) is 4.99. The van der Waals surface area contributed by atoms with Gasteiger partial charge in [0.15, 0.2) is 11.5 Å². The van der Waals surface area contributed by atoms with E-state index >= 15 is 0 Å². The lowest BCUT2D eigenvalue weighted by Crippen LogP contribution is -2.60. The van der Waals surface area contributed by atoms with Gasteiger partial charge in [-0.3, -0.25) is 9.78 Å². The van der Waals surface area contributed by atoms with Crippen LogP contribution in [0.2, 0.25) is 0 Å². The SMILES string of the molecule is Cc1ccc(C(=O)N[C@@H]2CO[C@H](Cn3cnc4nc(N)nc(N)c43)[C@@H](O)[C@H]2O)nc1. The average Bonchev–Trinajstić information content (AvgIpc) is 3.11. The normalized spacial score (nSPS) is 24.1. The van der Waals surface area contributed by atoms with Gasteiger partial charge in [-0.25, -0.2) is 4.98 Å². The molecule has 0 bridgehead atoms. The van der Waals surface area contributed by atoms with Crippen molar-refractivity contribution in [1.82, 2.24) is 29.8 Å². The van der Waals surface area contributed by atoms with E-state index < -0.39 is 30.3 Å². The number of amides is 1. The number of pyridine rings is 1. The highest BCUT2D eigenvalue weighted by Gasteiger charge is 2.39. The highest BCUT2D eigenvalue weighted by molar-refractivity contribution is 5.92. The van der Waals surface area contributed by atoms with E-state index in [1.54, 1.807) is 22.9 Å². The standard InChI is InChI=1S/C18H22N8O4/c1-8-2-3-9(21-4-8)17(29)23-10-6-30-11(14(28)13(10)27)5-26-7-22-16-12(26)15(19)24-18(20)25-16/h2-4,7,10-11,13-14,27-28H,5-6H2,1H3,(H,23,29)(H4,19,20,24,25)/t10-,11-,13+,14-/m1/s1. The van der Waals surface area contributed by atoms with Gasteiger partial charge in [-0.1, -0.05) is 6.07 Å². The van der Waals surface area contributed by atoms with Gasteiger partial charge in [0, 0.05) is 6.20 Å². The van der Waals surface area contributed by atoms with E-state index in [0.29, 0.717) is 11.2 Å². The monoisotopic (exact) mass is 414 g/mol. The predicted octanol–water partition coefficient (Wildman–Crippen LogP) is -1.39. The molecule has 4 atom stereocenters. The highest BCUT2D eigenvalue weighted by Crippen LogP contribution is 2.22. The maximum Gasteiger partial charge on any atom is 0.270 e. The molecule has 0 unspecified atom stereocenters. The van der Waals surface area contributed by atoms with Crippen molar-refractivity contribution in [2.45, 2.75) is 37.8 Å². The number of imidazole rings is 1. The highest BCUT2D eigenvalue weighted by atomic mass is 16.5. The number of fused-ring (bicyclic) bond motifs is 1. The van der Waals surface area contributed by atoms with Crippen molar-refractivity contribution in [1.29, 1.82) is 0 Å². The molecule has 3 aromatic heterocycles. The topological polar surface area (TPSA) is 187 Å². The molecule has 12 nitrogen and oxygen atoms in total. The van der Waals surface area contributed by atoms with Gasteiger partial charge in [0.25, 0.3) is 5.91 Å². The first-order valence-corrected chi connectivity index (χ1v) is 9.28. The summed E-state index contributed by atoms with van der Waals surface area (Å²) in [5.74, 6) is -0.302. The zero-order chi connectivity index (χ0) is 21.4. The summed E-state index contributed by atoms with van der Waals surface area (Å²) in [5, 5.41) is 23.7. The minimum absolute atomic E-state index is 0.00601. The number of hydrogen-bond donors (Lipinski definition) is 5. The van der Waals surface area contributed by atoms with Crippen LogP contribution in [0.15, 0.2) is 24.7 Å². The second-order valence-corrected chi connectivity index (χ2v) is 7.19. The van der Waals surface area contributed by atoms with Gasteiger partial charge in [0.1, 0.15) is 29.5 Å². The molecule has 7 N–H and O–H groups in total. The fourth-order valence-electron chi connectivity index (χ4n) is 3.37. The number of carbonyl (C=O) groups is 1. The van der Waals surface area contributed by atoms with Crippen LogP contribution in [0.3, 0.4) is 0 Å². The summed E-state index contributed by atoms with van der Waals surface area (Å²) < 4.78 is 7.34. The number of aryl methyl sites for hydroxylation is 1. The third kappa shape index (κ3) is 3.75. The van der Waals surface area contributed by atoms with Gasteiger partial charge < -0.3 is 36.3 Å². The largest absolute Gasteiger partial charge is 0.388 e. The van der Waals surface area contributed by atoms with Crippen LogP contribution in [0, 0.1) is 6.92 Å². The molecule has 0 aromatic carbocycles. The average molecular weight is 414 g/mol. The Morgan fingerprint density at radius 1 is 1.27 bits per heavy atom. The van der Waals surface area contributed by atoms with E-state index in [2.05, 4.69) is 25.3 Å². The maximum absolute atomic E-state index is 12.4. The predicted molar refractivity (Wildman–Crippen MR) is 106 cm³/mol. The molecule has 1 aliphatic heterocycles. The number of nitrogens with zero attached hydrogens (tertiary/aromatic N) is 5. The fourth-order valence-corrected chi connectivity index (χ4v) is 3.37. The molecule has 4 heterocycles. The molecule has 1 amide bonds. The van der Waals surface area contributed by atoms with Gasteiger partial charge in [0.05, 0.1) is 25.5 Å². The first kappa shape index (κ1) is 19.9. The Kier molecular flexibility index (Phi) is 5.20. The summed E-state index contributed by atoms with van der Waals surface area (Å²) >= 11 is 0. The minimum atomic E-state index is -1.26. The third-order valence-electron chi connectivity index (χ3n) is 4.99. The second kappa shape index (κ2) is 7.82. The number of aliphatic hydroxyl groups excluding tert-OH is 2. The van der Waals surface area contributed by atoms with E-state index in [9.17, 15) is 15.0 Å². The first-order valence-electron chi connectivity index (χ1n) is 9.28. The lowest BCUT2D eigenvalue weighted by Gasteiger charge is -2.38. The zero-order valence-corrected chi connectivity index (χ0v) is 16.1. The molecule has 158 valence electrons. The Morgan fingerprint density at radius 3 is 2.80 bits per heavy atom. The lowest BCUT2D eigenvalue weighted by molar-refractivity contribution is -0.152. The van der Waals surface area contributed by atoms with Crippen molar-refractivity contribution in [3.63, 3.8) is 0 Å². The van der Waals surface area contributed by atoms with E-state index in [0.717, 1.165) is 5.56 Å².